The standard InChI is InChI=1S/C11H15BrClN3O/c1-6(2)8(14)4-10(17)16-9-3-7(12)5-15-11(9)13/h3,5-6,8H,4,14H2,1-2H3,(H,16,17). The lowest BCUT2D eigenvalue weighted by atomic mass is 10.0. The Bertz CT molecular complexity index is 412. The van der Waals surface area contributed by atoms with Crippen LogP contribution in [-0.4, -0.2) is 16.9 Å². The molecule has 0 saturated carbocycles. The number of nitrogens with two attached hydrogens (primary N) is 1. The van der Waals surface area contributed by atoms with Crippen LogP contribution in [0.3, 0.4) is 0 Å². The lowest BCUT2D eigenvalue weighted by molar-refractivity contribution is -0.116. The topological polar surface area (TPSA) is 68.0 Å². The number of hydrogen-bond acceptors (Lipinski definition) is 3. The van der Waals surface area contributed by atoms with Crippen molar-refractivity contribution in [1.29, 1.82) is 0 Å². The summed E-state index contributed by atoms with van der Waals surface area (Å²) < 4.78 is 0.755. The molecule has 1 amide bonds. The van der Waals surface area contributed by atoms with Crippen molar-refractivity contribution in [3.63, 3.8) is 0 Å². The second kappa shape index (κ2) is 6.33. The van der Waals surface area contributed by atoms with E-state index < -0.39 is 0 Å². The van der Waals surface area contributed by atoms with E-state index in [1.165, 1.54) is 0 Å². The second-order valence-electron chi connectivity index (χ2n) is 4.15. The number of carbonyl (C=O) groups excluding carboxylic acids is 1. The fourth-order valence-corrected chi connectivity index (χ4v) is 1.64. The van der Waals surface area contributed by atoms with Gasteiger partial charge >= 0.3 is 0 Å². The van der Waals surface area contributed by atoms with E-state index >= 15 is 0 Å². The number of nitrogens with one attached hydrogen (secondary N) is 1. The number of pyridine rings is 1. The number of nitrogens with zero attached hydrogens (tertiary/aromatic N) is 1. The van der Waals surface area contributed by atoms with Gasteiger partial charge < -0.3 is 11.1 Å². The summed E-state index contributed by atoms with van der Waals surface area (Å²) in [6.07, 6.45) is 1.83. The zero-order chi connectivity index (χ0) is 13.0. The van der Waals surface area contributed by atoms with Gasteiger partial charge in [0.05, 0.1) is 5.69 Å². The third kappa shape index (κ3) is 4.61. The Morgan fingerprint density at radius 1 is 1.65 bits per heavy atom. The first-order valence-corrected chi connectivity index (χ1v) is 6.43. The molecule has 1 atom stereocenters. The van der Waals surface area contributed by atoms with Crippen LogP contribution in [0.1, 0.15) is 20.3 Å². The Kier molecular flexibility index (Phi) is 5.36. The molecule has 4 nitrogen and oxygen atoms in total. The molecule has 17 heavy (non-hydrogen) atoms. The predicted molar refractivity (Wildman–Crippen MR) is 73.0 cm³/mol. The third-order valence-electron chi connectivity index (χ3n) is 2.36. The number of halogens is 2. The molecule has 1 aromatic rings. The third-order valence-corrected chi connectivity index (χ3v) is 3.09. The highest BCUT2D eigenvalue weighted by atomic mass is 79.9. The maximum Gasteiger partial charge on any atom is 0.226 e. The molecule has 3 N–H and O–H groups in total. The summed E-state index contributed by atoms with van der Waals surface area (Å²) in [5, 5.41) is 2.96. The molecule has 0 saturated heterocycles. The minimum Gasteiger partial charge on any atom is -0.327 e. The first kappa shape index (κ1) is 14.4. The van der Waals surface area contributed by atoms with E-state index in [2.05, 4.69) is 26.2 Å². The van der Waals surface area contributed by atoms with Crippen LogP contribution in [0.5, 0.6) is 0 Å². The van der Waals surface area contributed by atoms with Gasteiger partial charge in [0.15, 0.2) is 5.15 Å². The predicted octanol–water partition coefficient (Wildman–Crippen LogP) is 2.81. The van der Waals surface area contributed by atoms with Crippen LogP contribution in [0.25, 0.3) is 0 Å². The van der Waals surface area contributed by atoms with Gasteiger partial charge in [-0.15, -0.1) is 0 Å². The van der Waals surface area contributed by atoms with E-state index in [1.54, 1.807) is 12.3 Å². The summed E-state index contributed by atoms with van der Waals surface area (Å²) in [7, 11) is 0. The zero-order valence-corrected chi connectivity index (χ0v) is 12.0. The summed E-state index contributed by atoms with van der Waals surface area (Å²) in [6, 6.07) is 1.54. The Morgan fingerprint density at radius 3 is 2.88 bits per heavy atom. The Balaban J connectivity index is 2.65. The molecule has 0 spiro atoms. The van der Waals surface area contributed by atoms with Crippen molar-refractivity contribution < 1.29 is 4.79 Å². The van der Waals surface area contributed by atoms with E-state index in [0.717, 1.165) is 4.47 Å². The van der Waals surface area contributed by atoms with Gasteiger partial charge in [-0.3, -0.25) is 4.79 Å². The van der Waals surface area contributed by atoms with E-state index in [0.29, 0.717) is 5.69 Å². The molecule has 0 aliphatic carbocycles. The molecule has 1 rings (SSSR count). The average Bonchev–Trinajstić information content (AvgIpc) is 2.23. The van der Waals surface area contributed by atoms with Gasteiger partial charge in [-0.2, -0.15) is 0 Å². The van der Waals surface area contributed by atoms with Crippen molar-refractivity contribution in [2.45, 2.75) is 26.3 Å². The van der Waals surface area contributed by atoms with Gasteiger partial charge in [0.25, 0.3) is 0 Å². The highest BCUT2D eigenvalue weighted by Gasteiger charge is 2.14. The fraction of sp³-hybridized carbons (Fsp3) is 0.455. The van der Waals surface area contributed by atoms with Gasteiger partial charge in [0, 0.05) is 23.1 Å². The lowest BCUT2D eigenvalue weighted by Gasteiger charge is -2.15. The van der Waals surface area contributed by atoms with Crippen molar-refractivity contribution in [2.75, 3.05) is 5.32 Å². The maximum absolute atomic E-state index is 11.7. The van der Waals surface area contributed by atoms with E-state index in [1.807, 2.05) is 13.8 Å². The molecule has 0 aliphatic rings. The van der Waals surface area contributed by atoms with E-state index in [9.17, 15) is 4.79 Å². The number of rotatable bonds is 4. The molecular formula is C11H15BrClN3O. The van der Waals surface area contributed by atoms with Crippen LogP contribution in [0.4, 0.5) is 5.69 Å². The molecule has 0 bridgehead atoms. The van der Waals surface area contributed by atoms with Gasteiger partial charge in [-0.25, -0.2) is 4.98 Å². The molecule has 1 heterocycles. The lowest BCUT2D eigenvalue weighted by Crippen LogP contribution is -2.31. The smallest absolute Gasteiger partial charge is 0.226 e. The molecule has 0 fully saturated rings. The van der Waals surface area contributed by atoms with Crippen LogP contribution in [0, 0.1) is 5.92 Å². The van der Waals surface area contributed by atoms with Gasteiger partial charge in [0.1, 0.15) is 0 Å². The average molecular weight is 321 g/mol. The van der Waals surface area contributed by atoms with Gasteiger partial charge in [-0.05, 0) is 27.9 Å². The first-order chi connectivity index (χ1) is 7.90. The van der Waals surface area contributed by atoms with Crippen molar-refractivity contribution in [1.82, 2.24) is 4.98 Å². The minimum atomic E-state index is -0.159. The number of hydrogen-bond donors (Lipinski definition) is 2. The molecule has 1 unspecified atom stereocenters. The second-order valence-corrected chi connectivity index (χ2v) is 5.43. The molecule has 0 radical (unpaired) electrons. The van der Waals surface area contributed by atoms with Crippen LogP contribution in [-0.2, 0) is 4.79 Å². The van der Waals surface area contributed by atoms with Crippen molar-refractivity contribution in [3.8, 4) is 0 Å². The summed E-state index contributed by atoms with van der Waals surface area (Å²) in [5.74, 6) is 0.102. The molecule has 94 valence electrons. The summed E-state index contributed by atoms with van der Waals surface area (Å²) in [4.78, 5) is 15.6. The Morgan fingerprint density at radius 2 is 2.29 bits per heavy atom. The SMILES string of the molecule is CC(C)C(N)CC(=O)Nc1cc(Br)cnc1Cl. The van der Waals surface area contributed by atoms with Crippen molar-refractivity contribution >= 4 is 39.1 Å². The van der Waals surface area contributed by atoms with Crippen LogP contribution in [0.2, 0.25) is 5.15 Å². The molecule has 0 aromatic carbocycles. The minimum absolute atomic E-state index is 0.158. The van der Waals surface area contributed by atoms with Crippen LogP contribution in [0.15, 0.2) is 16.7 Å². The molecule has 1 aromatic heterocycles. The van der Waals surface area contributed by atoms with E-state index in [4.69, 9.17) is 17.3 Å². The molecular weight excluding hydrogens is 305 g/mol. The highest BCUT2D eigenvalue weighted by Crippen LogP contribution is 2.23. The number of anilines is 1. The zero-order valence-electron chi connectivity index (χ0n) is 9.71. The number of carbonyl (C=O) groups is 1. The summed E-state index contributed by atoms with van der Waals surface area (Å²) in [6.45, 7) is 3.96. The van der Waals surface area contributed by atoms with Crippen LogP contribution >= 0.6 is 27.5 Å². The highest BCUT2D eigenvalue weighted by molar-refractivity contribution is 9.10. The number of amides is 1. The fourth-order valence-electron chi connectivity index (χ4n) is 1.16. The largest absolute Gasteiger partial charge is 0.327 e. The molecule has 0 aliphatic heterocycles. The van der Waals surface area contributed by atoms with Gasteiger partial charge in [-0.1, -0.05) is 25.4 Å². The quantitative estimate of drug-likeness (QED) is 0.838. The molecule has 6 heteroatoms. The normalized spacial score (nSPS) is 12.6. The van der Waals surface area contributed by atoms with Crippen molar-refractivity contribution in [2.24, 2.45) is 11.7 Å². The van der Waals surface area contributed by atoms with Crippen LogP contribution < -0.4 is 11.1 Å². The summed E-state index contributed by atoms with van der Waals surface area (Å²) in [5.41, 5.74) is 6.31. The van der Waals surface area contributed by atoms with Gasteiger partial charge in [0.2, 0.25) is 5.91 Å². The van der Waals surface area contributed by atoms with Crippen molar-refractivity contribution in [3.05, 3.63) is 21.9 Å². The number of aromatic nitrogens is 1. The Hall–Kier alpha value is -0.650. The first-order valence-electron chi connectivity index (χ1n) is 5.26. The van der Waals surface area contributed by atoms with E-state index in [-0.39, 0.29) is 29.4 Å². The summed E-state index contributed by atoms with van der Waals surface area (Å²) >= 11 is 9.12. The monoisotopic (exact) mass is 319 g/mol. The Labute approximate surface area is 114 Å². The maximum atomic E-state index is 11.7.